The number of aliphatic hydroxyl groups excluding tert-OH is 2. The van der Waals surface area contributed by atoms with Crippen molar-refractivity contribution in [3.63, 3.8) is 0 Å². The van der Waals surface area contributed by atoms with Crippen LogP contribution in [0.1, 0.15) is 38.4 Å². The molecular weight excluding hydrogens is 506 g/mol. The third kappa shape index (κ3) is 3.88. The molecule has 5 rings (SSSR count). The monoisotopic (exact) mass is 535 g/mol. The fraction of sp³-hybridized carbons (Fsp3) is 0.393. The lowest BCUT2D eigenvalue weighted by molar-refractivity contribution is -0.178. The number of Topliss-reactive ketones (excluding diaryl/α,β-unsaturated/α-hetero) is 3. The number of amides is 1. The summed E-state index contributed by atoms with van der Waals surface area (Å²) in [7, 11) is 3.18. The molecule has 0 spiro atoms. The number of hydrogen-bond acceptors (Lipinski definition) is 10. The third-order valence-corrected chi connectivity index (χ3v) is 8.35. The molecule has 1 amide bonds. The summed E-state index contributed by atoms with van der Waals surface area (Å²) >= 11 is 0. The molecule has 6 N–H and O–H groups in total. The second-order valence-electron chi connectivity index (χ2n) is 10.7. The second kappa shape index (κ2) is 9.37. The highest BCUT2D eigenvalue weighted by atomic mass is 16.3. The van der Waals surface area contributed by atoms with Crippen LogP contribution in [0.4, 0.5) is 0 Å². The van der Waals surface area contributed by atoms with E-state index in [9.17, 15) is 39.6 Å². The van der Waals surface area contributed by atoms with E-state index < -0.39 is 64.5 Å². The number of primary amides is 1. The van der Waals surface area contributed by atoms with Crippen molar-refractivity contribution in [1.82, 2.24) is 9.88 Å². The normalized spacial score (nSPS) is 30.0. The summed E-state index contributed by atoms with van der Waals surface area (Å²) in [6.07, 6.45) is -0.0113. The SMILES string of the molecule is CN(C)[C@@H]1C(O)C(C(N)=O)C(=O)[C@@]2(O)C(O)=C3C(=O)c4c(O)ccc(C(=O)Cc5ccccn5)c4C[C@H]3C[C@@H]12. The summed E-state index contributed by atoms with van der Waals surface area (Å²) in [6, 6.07) is 6.85. The molecule has 1 saturated carbocycles. The van der Waals surface area contributed by atoms with Gasteiger partial charge in [-0.3, -0.25) is 24.2 Å². The number of hydrogen-bond donors (Lipinski definition) is 5. The summed E-state index contributed by atoms with van der Waals surface area (Å²) in [5.41, 5.74) is 3.32. The van der Waals surface area contributed by atoms with E-state index in [0.29, 0.717) is 11.3 Å². The Hall–Kier alpha value is -3.93. The number of carbonyl (C=O) groups excluding carboxylic acids is 4. The van der Waals surface area contributed by atoms with Crippen LogP contribution in [-0.2, 0) is 22.4 Å². The number of rotatable bonds is 5. The summed E-state index contributed by atoms with van der Waals surface area (Å²) in [4.78, 5) is 58.3. The summed E-state index contributed by atoms with van der Waals surface area (Å²) in [5.74, 6) is -8.48. The molecule has 1 aromatic carbocycles. The number of carbonyl (C=O) groups is 4. The number of aliphatic hydroxyl groups is 3. The van der Waals surface area contributed by atoms with Crippen LogP contribution in [0.3, 0.4) is 0 Å². The highest BCUT2D eigenvalue weighted by Crippen LogP contribution is 2.52. The van der Waals surface area contributed by atoms with Gasteiger partial charge in [0.1, 0.15) is 17.4 Å². The quantitative estimate of drug-likeness (QED) is 0.259. The lowest BCUT2D eigenvalue weighted by atomic mass is 9.55. The Morgan fingerprint density at radius 2 is 1.87 bits per heavy atom. The lowest BCUT2D eigenvalue weighted by Crippen LogP contribution is -2.71. The number of aromatic hydroxyl groups is 1. The van der Waals surface area contributed by atoms with Gasteiger partial charge in [-0.25, -0.2) is 0 Å². The fourth-order valence-electron chi connectivity index (χ4n) is 6.63. The Bertz CT molecular complexity index is 1440. The minimum atomic E-state index is -2.66. The van der Waals surface area contributed by atoms with Gasteiger partial charge in [-0.2, -0.15) is 0 Å². The molecule has 2 unspecified atom stereocenters. The minimum Gasteiger partial charge on any atom is -0.508 e. The van der Waals surface area contributed by atoms with Gasteiger partial charge in [0.15, 0.2) is 23.0 Å². The van der Waals surface area contributed by atoms with Crippen molar-refractivity contribution in [3.8, 4) is 5.75 Å². The average molecular weight is 536 g/mol. The Kier molecular flexibility index (Phi) is 6.41. The lowest BCUT2D eigenvalue weighted by Gasteiger charge is -2.53. The molecule has 11 nitrogen and oxygen atoms in total. The standard InChI is InChI=1S/C28H29N3O8/c1-31(2)22-16-10-12-9-15-14(18(33)11-13-5-3-4-8-30-13)6-7-17(32)20(15)23(34)19(12)25(36)28(16,39)26(37)21(24(22)35)27(29)38/h3-8,12,16,21-22,24,32,35-36,39H,9-11H2,1-2H3,(H2,29,38)/t12-,16-,21?,22-,24?,28-/m0/s1. The summed E-state index contributed by atoms with van der Waals surface area (Å²) in [6.45, 7) is 0. The minimum absolute atomic E-state index is 0.0261. The molecule has 6 atom stereocenters. The van der Waals surface area contributed by atoms with Crippen LogP contribution in [0, 0.1) is 17.8 Å². The van der Waals surface area contributed by atoms with E-state index in [-0.39, 0.29) is 41.7 Å². The van der Waals surface area contributed by atoms with Gasteiger partial charge in [-0.1, -0.05) is 6.07 Å². The molecule has 1 aromatic heterocycles. The van der Waals surface area contributed by atoms with E-state index in [1.54, 1.807) is 38.5 Å². The molecule has 3 aliphatic carbocycles. The largest absolute Gasteiger partial charge is 0.508 e. The highest BCUT2D eigenvalue weighted by molar-refractivity contribution is 6.17. The van der Waals surface area contributed by atoms with E-state index in [2.05, 4.69) is 4.98 Å². The predicted molar refractivity (Wildman–Crippen MR) is 136 cm³/mol. The predicted octanol–water partition coefficient (Wildman–Crippen LogP) is 0.106. The number of allylic oxidation sites excluding steroid dienone is 1. The Balaban J connectivity index is 1.64. The highest BCUT2D eigenvalue weighted by Gasteiger charge is 2.66. The van der Waals surface area contributed by atoms with Crippen molar-refractivity contribution in [2.75, 3.05) is 14.1 Å². The maximum absolute atomic E-state index is 13.8. The zero-order valence-corrected chi connectivity index (χ0v) is 21.4. The van der Waals surface area contributed by atoms with Crippen LogP contribution in [0.2, 0.25) is 0 Å². The second-order valence-corrected chi connectivity index (χ2v) is 10.7. The molecule has 1 heterocycles. The van der Waals surface area contributed by atoms with Crippen LogP contribution in [0.5, 0.6) is 5.75 Å². The first-order valence-corrected chi connectivity index (χ1v) is 12.6. The first-order chi connectivity index (χ1) is 18.4. The van der Waals surface area contributed by atoms with Gasteiger partial charge in [-0.15, -0.1) is 0 Å². The average Bonchev–Trinajstić information content (AvgIpc) is 2.86. The Labute approximate surface area is 223 Å². The molecule has 3 aliphatic rings. The van der Waals surface area contributed by atoms with Crippen LogP contribution in [0.25, 0.3) is 0 Å². The van der Waals surface area contributed by atoms with Crippen molar-refractivity contribution in [2.45, 2.75) is 37.0 Å². The first-order valence-electron chi connectivity index (χ1n) is 12.6. The number of phenolic OH excluding ortho intramolecular Hbond substituents is 1. The number of benzene rings is 1. The zero-order chi connectivity index (χ0) is 28.4. The number of ketones is 3. The van der Waals surface area contributed by atoms with E-state index in [0.717, 1.165) is 0 Å². The van der Waals surface area contributed by atoms with Gasteiger partial charge >= 0.3 is 0 Å². The van der Waals surface area contributed by atoms with Crippen molar-refractivity contribution in [1.29, 1.82) is 0 Å². The number of aromatic nitrogens is 1. The molecule has 2 aromatic rings. The maximum Gasteiger partial charge on any atom is 0.230 e. The maximum atomic E-state index is 13.8. The van der Waals surface area contributed by atoms with Crippen LogP contribution >= 0.6 is 0 Å². The molecule has 0 saturated heterocycles. The molecule has 0 aliphatic heterocycles. The van der Waals surface area contributed by atoms with Gasteiger partial charge in [0.25, 0.3) is 0 Å². The molecule has 0 bridgehead atoms. The van der Waals surface area contributed by atoms with E-state index >= 15 is 0 Å². The Morgan fingerprint density at radius 1 is 1.15 bits per heavy atom. The zero-order valence-electron chi connectivity index (χ0n) is 21.4. The third-order valence-electron chi connectivity index (χ3n) is 8.35. The molecule has 11 heteroatoms. The van der Waals surface area contributed by atoms with Gasteiger partial charge in [0.2, 0.25) is 5.91 Å². The van der Waals surface area contributed by atoms with E-state index in [4.69, 9.17) is 5.73 Å². The number of likely N-dealkylation sites (N-methyl/N-ethyl adjacent to an activating group) is 1. The molecule has 204 valence electrons. The number of pyridine rings is 1. The summed E-state index contributed by atoms with van der Waals surface area (Å²) in [5, 5.41) is 44.6. The number of fused-ring (bicyclic) bond motifs is 3. The van der Waals surface area contributed by atoms with Crippen molar-refractivity contribution in [2.24, 2.45) is 23.5 Å². The van der Waals surface area contributed by atoms with Gasteiger partial charge < -0.3 is 31.1 Å². The van der Waals surface area contributed by atoms with Crippen molar-refractivity contribution >= 4 is 23.3 Å². The van der Waals surface area contributed by atoms with Crippen LogP contribution in [-0.4, -0.2) is 85.4 Å². The van der Waals surface area contributed by atoms with Crippen molar-refractivity contribution in [3.05, 3.63) is 70.2 Å². The topological polar surface area (TPSA) is 191 Å². The number of nitrogens with zero attached hydrogens (tertiary/aromatic N) is 2. The van der Waals surface area contributed by atoms with Gasteiger partial charge in [-0.05, 0) is 62.7 Å². The fourth-order valence-corrected chi connectivity index (χ4v) is 6.63. The smallest absolute Gasteiger partial charge is 0.230 e. The molecule has 1 fully saturated rings. The first kappa shape index (κ1) is 26.7. The summed E-state index contributed by atoms with van der Waals surface area (Å²) < 4.78 is 0. The van der Waals surface area contributed by atoms with Gasteiger partial charge in [0, 0.05) is 35.0 Å². The molecular formula is C28H29N3O8. The molecule has 39 heavy (non-hydrogen) atoms. The number of nitrogens with two attached hydrogens (primary N) is 1. The van der Waals surface area contributed by atoms with Crippen LogP contribution in [0.15, 0.2) is 47.9 Å². The van der Waals surface area contributed by atoms with Gasteiger partial charge in [0.05, 0.1) is 18.1 Å². The van der Waals surface area contributed by atoms with Crippen molar-refractivity contribution < 1.29 is 39.6 Å². The van der Waals surface area contributed by atoms with E-state index in [1.165, 1.54) is 17.0 Å². The van der Waals surface area contributed by atoms with Crippen LogP contribution < -0.4 is 5.73 Å². The molecule has 0 radical (unpaired) electrons. The van der Waals surface area contributed by atoms with E-state index in [1.807, 2.05) is 0 Å². The number of phenols is 1. The Morgan fingerprint density at radius 3 is 2.49 bits per heavy atom.